The van der Waals surface area contributed by atoms with Crippen molar-refractivity contribution >= 4 is 22.7 Å². The molecule has 0 radical (unpaired) electrons. The van der Waals surface area contributed by atoms with E-state index in [0.29, 0.717) is 5.56 Å². The average Bonchev–Trinajstić information content (AvgIpc) is 2.27. The van der Waals surface area contributed by atoms with E-state index in [2.05, 4.69) is 0 Å². The van der Waals surface area contributed by atoms with Gasteiger partial charge < -0.3 is 10.8 Å². The summed E-state index contributed by atoms with van der Waals surface area (Å²) in [6, 6.07) is 6.45. The minimum Gasteiger partial charge on any atom is -0.481 e. The lowest BCUT2D eigenvalue weighted by Crippen LogP contribution is -2.11. The summed E-state index contributed by atoms with van der Waals surface area (Å²) in [5.41, 5.74) is 6.27. The SMILES string of the molecule is NC(=O)c1ccc(CS(=O)CCC(=O)O)cc1. The fourth-order valence-electron chi connectivity index (χ4n) is 1.22. The predicted octanol–water partition coefficient (Wildman–Crippen LogP) is 0.509. The minimum absolute atomic E-state index is 0.105. The van der Waals surface area contributed by atoms with Crippen LogP contribution in [0.15, 0.2) is 24.3 Å². The highest BCUT2D eigenvalue weighted by atomic mass is 32.2. The molecule has 1 amide bonds. The first-order chi connectivity index (χ1) is 7.99. The zero-order chi connectivity index (χ0) is 12.8. The van der Waals surface area contributed by atoms with E-state index in [1.807, 2.05) is 0 Å². The van der Waals surface area contributed by atoms with Crippen LogP contribution in [0.5, 0.6) is 0 Å². The number of amides is 1. The third-order valence-corrected chi connectivity index (χ3v) is 3.42. The van der Waals surface area contributed by atoms with Crippen molar-refractivity contribution in [3.05, 3.63) is 35.4 Å². The molecule has 0 aliphatic rings. The maximum atomic E-state index is 11.5. The van der Waals surface area contributed by atoms with Gasteiger partial charge in [0.1, 0.15) is 0 Å². The fraction of sp³-hybridized carbons (Fsp3) is 0.273. The van der Waals surface area contributed by atoms with Crippen molar-refractivity contribution in [2.24, 2.45) is 5.73 Å². The molecule has 3 N–H and O–H groups in total. The Balaban J connectivity index is 2.54. The Labute approximate surface area is 101 Å². The van der Waals surface area contributed by atoms with Gasteiger partial charge >= 0.3 is 5.97 Å². The summed E-state index contributed by atoms with van der Waals surface area (Å²) in [4.78, 5) is 21.1. The van der Waals surface area contributed by atoms with Gasteiger partial charge in [-0.05, 0) is 17.7 Å². The van der Waals surface area contributed by atoms with Crippen molar-refractivity contribution in [3.8, 4) is 0 Å². The van der Waals surface area contributed by atoms with Gasteiger partial charge in [-0.3, -0.25) is 13.8 Å². The first-order valence-corrected chi connectivity index (χ1v) is 6.43. The molecule has 0 saturated heterocycles. The summed E-state index contributed by atoms with van der Waals surface area (Å²) in [6.45, 7) is 0. The van der Waals surface area contributed by atoms with E-state index in [4.69, 9.17) is 10.8 Å². The van der Waals surface area contributed by atoms with Gasteiger partial charge in [-0.2, -0.15) is 0 Å². The number of benzene rings is 1. The molecule has 5 nitrogen and oxygen atoms in total. The third-order valence-electron chi connectivity index (χ3n) is 2.11. The summed E-state index contributed by atoms with van der Waals surface area (Å²) in [5.74, 6) is -1.05. The maximum absolute atomic E-state index is 11.5. The first kappa shape index (κ1) is 13.4. The molecule has 0 bridgehead atoms. The summed E-state index contributed by atoms with van der Waals surface area (Å²) in [7, 11) is -1.21. The predicted molar refractivity (Wildman–Crippen MR) is 63.9 cm³/mol. The van der Waals surface area contributed by atoms with Gasteiger partial charge in [-0.15, -0.1) is 0 Å². The second-order valence-corrected chi connectivity index (χ2v) is 5.07. The lowest BCUT2D eigenvalue weighted by atomic mass is 10.1. The average molecular weight is 255 g/mol. The number of nitrogens with two attached hydrogens (primary N) is 1. The molecule has 0 aliphatic carbocycles. The van der Waals surface area contributed by atoms with E-state index in [0.717, 1.165) is 5.56 Å². The molecule has 0 aliphatic heterocycles. The molecule has 0 saturated carbocycles. The van der Waals surface area contributed by atoms with Crippen LogP contribution in [0.4, 0.5) is 0 Å². The number of hydrogen-bond acceptors (Lipinski definition) is 3. The Kier molecular flexibility index (Phi) is 4.84. The zero-order valence-electron chi connectivity index (χ0n) is 9.09. The van der Waals surface area contributed by atoms with Crippen molar-refractivity contribution in [1.82, 2.24) is 0 Å². The smallest absolute Gasteiger partial charge is 0.304 e. The monoisotopic (exact) mass is 255 g/mol. The van der Waals surface area contributed by atoms with Crippen LogP contribution < -0.4 is 5.73 Å². The number of rotatable bonds is 6. The van der Waals surface area contributed by atoms with Crippen molar-refractivity contribution < 1.29 is 18.9 Å². The zero-order valence-corrected chi connectivity index (χ0v) is 9.90. The highest BCUT2D eigenvalue weighted by molar-refractivity contribution is 7.84. The topological polar surface area (TPSA) is 97.5 Å². The first-order valence-electron chi connectivity index (χ1n) is 4.94. The van der Waals surface area contributed by atoms with Gasteiger partial charge in [0.05, 0.1) is 6.42 Å². The lowest BCUT2D eigenvalue weighted by Gasteiger charge is -2.02. The number of carbonyl (C=O) groups is 2. The molecular formula is C11H13NO4S. The van der Waals surface area contributed by atoms with Gasteiger partial charge in [0.2, 0.25) is 5.91 Å². The number of hydrogen-bond donors (Lipinski definition) is 2. The number of carboxylic acid groups (broad SMARTS) is 1. The minimum atomic E-state index is -1.21. The van der Waals surface area contributed by atoms with Crippen LogP contribution >= 0.6 is 0 Å². The van der Waals surface area contributed by atoms with Crippen LogP contribution in [-0.4, -0.2) is 26.9 Å². The van der Waals surface area contributed by atoms with Gasteiger partial charge in [-0.1, -0.05) is 12.1 Å². The largest absolute Gasteiger partial charge is 0.481 e. The number of carbonyl (C=O) groups excluding carboxylic acids is 1. The lowest BCUT2D eigenvalue weighted by molar-refractivity contribution is -0.136. The Morgan fingerprint density at radius 1 is 1.24 bits per heavy atom. The molecule has 6 heteroatoms. The van der Waals surface area contributed by atoms with Gasteiger partial charge in [0.25, 0.3) is 0 Å². The Morgan fingerprint density at radius 2 is 1.82 bits per heavy atom. The Hall–Kier alpha value is -1.69. The van der Waals surface area contributed by atoms with E-state index in [1.165, 1.54) is 0 Å². The molecule has 92 valence electrons. The summed E-state index contributed by atoms with van der Waals surface area (Å²) in [6.07, 6.45) is -0.105. The Morgan fingerprint density at radius 3 is 2.29 bits per heavy atom. The van der Waals surface area contributed by atoms with Crippen molar-refractivity contribution in [2.45, 2.75) is 12.2 Å². The second kappa shape index (κ2) is 6.15. The molecule has 1 aromatic rings. The normalized spacial score (nSPS) is 12.0. The number of primary amides is 1. The van der Waals surface area contributed by atoms with Crippen molar-refractivity contribution in [1.29, 1.82) is 0 Å². The number of carboxylic acids is 1. The highest BCUT2D eigenvalue weighted by Gasteiger charge is 2.06. The molecule has 0 aromatic heterocycles. The molecule has 0 spiro atoms. The number of aliphatic carboxylic acids is 1. The van der Waals surface area contributed by atoms with Crippen LogP contribution in [0, 0.1) is 0 Å². The molecule has 0 heterocycles. The highest BCUT2D eigenvalue weighted by Crippen LogP contribution is 2.07. The van der Waals surface area contributed by atoms with Crippen LogP contribution in [0.25, 0.3) is 0 Å². The molecule has 17 heavy (non-hydrogen) atoms. The van der Waals surface area contributed by atoms with Crippen molar-refractivity contribution in [3.63, 3.8) is 0 Å². The van der Waals surface area contributed by atoms with E-state index in [1.54, 1.807) is 24.3 Å². The molecular weight excluding hydrogens is 242 g/mol. The van der Waals surface area contributed by atoms with Crippen LogP contribution in [0.3, 0.4) is 0 Å². The van der Waals surface area contributed by atoms with Gasteiger partial charge in [-0.25, -0.2) is 0 Å². The summed E-state index contributed by atoms with van der Waals surface area (Å²) in [5, 5.41) is 8.44. The van der Waals surface area contributed by atoms with Crippen LogP contribution in [0.1, 0.15) is 22.3 Å². The van der Waals surface area contributed by atoms with Crippen LogP contribution in [-0.2, 0) is 21.3 Å². The standard InChI is InChI=1S/C11H13NO4S/c12-11(15)9-3-1-8(2-4-9)7-17(16)6-5-10(13)14/h1-4H,5-7H2,(H2,12,15)(H,13,14). The van der Waals surface area contributed by atoms with Gasteiger partial charge in [0, 0.05) is 27.9 Å². The Bertz CT molecular complexity index is 441. The summed E-state index contributed by atoms with van der Waals surface area (Å²) < 4.78 is 11.5. The van der Waals surface area contributed by atoms with Gasteiger partial charge in [0.15, 0.2) is 0 Å². The quantitative estimate of drug-likeness (QED) is 0.773. The summed E-state index contributed by atoms with van der Waals surface area (Å²) >= 11 is 0. The molecule has 1 atom stereocenters. The van der Waals surface area contributed by atoms with E-state index in [-0.39, 0.29) is 17.9 Å². The van der Waals surface area contributed by atoms with E-state index >= 15 is 0 Å². The third kappa shape index (κ3) is 4.78. The van der Waals surface area contributed by atoms with E-state index in [9.17, 15) is 13.8 Å². The van der Waals surface area contributed by atoms with Crippen LogP contribution in [0.2, 0.25) is 0 Å². The molecule has 0 fully saturated rings. The molecule has 1 unspecified atom stereocenters. The maximum Gasteiger partial charge on any atom is 0.304 e. The van der Waals surface area contributed by atoms with Crippen molar-refractivity contribution in [2.75, 3.05) is 5.75 Å². The molecule has 1 rings (SSSR count). The fourth-order valence-corrected chi connectivity index (χ4v) is 2.34. The van der Waals surface area contributed by atoms with E-state index < -0.39 is 22.7 Å². The second-order valence-electron chi connectivity index (χ2n) is 3.49. The molecule has 1 aromatic carbocycles.